The molecule has 120 valence electrons. The predicted octanol–water partition coefficient (Wildman–Crippen LogP) is 3.46. The van der Waals surface area contributed by atoms with Crippen LogP contribution in [0.1, 0.15) is 21.6 Å². The van der Waals surface area contributed by atoms with Gasteiger partial charge in [-0.15, -0.1) is 0 Å². The first-order chi connectivity index (χ1) is 11.7. The van der Waals surface area contributed by atoms with E-state index < -0.39 is 0 Å². The van der Waals surface area contributed by atoms with Gasteiger partial charge < -0.3 is 10.6 Å². The second kappa shape index (κ2) is 7.37. The molecule has 0 aliphatic rings. The number of aryl methyl sites for hydroxylation is 1. The Kier molecular flexibility index (Phi) is 4.81. The van der Waals surface area contributed by atoms with Crippen molar-refractivity contribution in [3.05, 3.63) is 83.8 Å². The number of nitrogens with one attached hydrogen (secondary N) is 2. The van der Waals surface area contributed by atoms with E-state index in [0.717, 1.165) is 16.8 Å². The summed E-state index contributed by atoms with van der Waals surface area (Å²) in [5.74, 6) is 0.359. The van der Waals surface area contributed by atoms with Gasteiger partial charge in [-0.25, -0.2) is 9.97 Å². The Morgan fingerprint density at radius 2 is 1.75 bits per heavy atom. The maximum Gasteiger partial charge on any atom is 0.270 e. The third-order valence-electron chi connectivity index (χ3n) is 3.60. The summed E-state index contributed by atoms with van der Waals surface area (Å²) in [6, 6.07) is 19.3. The van der Waals surface area contributed by atoms with Crippen molar-refractivity contribution >= 4 is 17.4 Å². The minimum absolute atomic E-state index is 0.228. The Balaban J connectivity index is 1.68. The van der Waals surface area contributed by atoms with Gasteiger partial charge in [0.25, 0.3) is 5.91 Å². The van der Waals surface area contributed by atoms with Crippen LogP contribution in [-0.4, -0.2) is 15.9 Å². The third-order valence-corrected chi connectivity index (χ3v) is 3.60. The smallest absolute Gasteiger partial charge is 0.270 e. The summed E-state index contributed by atoms with van der Waals surface area (Å²) in [4.78, 5) is 20.5. The van der Waals surface area contributed by atoms with E-state index in [1.807, 2.05) is 61.5 Å². The molecule has 0 aliphatic heterocycles. The quantitative estimate of drug-likeness (QED) is 0.756. The molecule has 3 aromatic rings. The standard InChI is InChI=1S/C19H18N4O/c1-14-7-5-6-10-16(14)23-18-11-17(21-13-22-18)19(24)20-12-15-8-3-2-4-9-15/h2-11,13H,12H2,1H3,(H,20,24)(H,21,22,23). The molecule has 2 N–H and O–H groups in total. The fourth-order valence-electron chi connectivity index (χ4n) is 2.27. The Bertz CT molecular complexity index is 834. The molecular formula is C19H18N4O. The number of amides is 1. The van der Waals surface area contributed by atoms with Gasteiger partial charge in [-0.2, -0.15) is 0 Å². The lowest BCUT2D eigenvalue weighted by Crippen LogP contribution is -2.24. The van der Waals surface area contributed by atoms with Crippen molar-refractivity contribution < 1.29 is 4.79 Å². The summed E-state index contributed by atoms with van der Waals surface area (Å²) in [6.07, 6.45) is 1.39. The van der Waals surface area contributed by atoms with Crippen molar-refractivity contribution in [2.75, 3.05) is 5.32 Å². The largest absolute Gasteiger partial charge is 0.347 e. The van der Waals surface area contributed by atoms with E-state index in [2.05, 4.69) is 20.6 Å². The number of nitrogens with zero attached hydrogens (tertiary/aromatic N) is 2. The zero-order valence-corrected chi connectivity index (χ0v) is 13.4. The Labute approximate surface area is 140 Å². The molecule has 5 heteroatoms. The van der Waals surface area contributed by atoms with Crippen LogP contribution in [0.2, 0.25) is 0 Å². The van der Waals surface area contributed by atoms with Crippen LogP contribution in [0.25, 0.3) is 0 Å². The number of rotatable bonds is 5. The maximum atomic E-state index is 12.3. The molecule has 0 unspecified atom stereocenters. The highest BCUT2D eigenvalue weighted by molar-refractivity contribution is 5.92. The fourth-order valence-corrected chi connectivity index (χ4v) is 2.27. The molecule has 5 nitrogen and oxygen atoms in total. The van der Waals surface area contributed by atoms with Gasteiger partial charge in [-0.05, 0) is 24.1 Å². The van der Waals surface area contributed by atoms with E-state index >= 15 is 0 Å². The van der Waals surface area contributed by atoms with Crippen LogP contribution in [0, 0.1) is 6.92 Å². The molecule has 0 aliphatic carbocycles. The van der Waals surface area contributed by atoms with Crippen LogP contribution in [-0.2, 0) is 6.54 Å². The summed E-state index contributed by atoms with van der Waals surface area (Å²) >= 11 is 0. The Morgan fingerprint density at radius 3 is 2.54 bits per heavy atom. The van der Waals surface area contributed by atoms with E-state index in [-0.39, 0.29) is 5.91 Å². The summed E-state index contributed by atoms with van der Waals surface area (Å²) < 4.78 is 0. The topological polar surface area (TPSA) is 66.9 Å². The molecule has 24 heavy (non-hydrogen) atoms. The van der Waals surface area contributed by atoms with Gasteiger partial charge in [0.1, 0.15) is 17.8 Å². The lowest BCUT2D eigenvalue weighted by molar-refractivity contribution is 0.0946. The van der Waals surface area contributed by atoms with Gasteiger partial charge in [-0.3, -0.25) is 4.79 Å². The lowest BCUT2D eigenvalue weighted by atomic mass is 10.2. The van der Waals surface area contributed by atoms with Gasteiger partial charge >= 0.3 is 0 Å². The first-order valence-electron chi connectivity index (χ1n) is 7.69. The second-order valence-corrected chi connectivity index (χ2v) is 5.40. The van der Waals surface area contributed by atoms with Gasteiger partial charge in [0.15, 0.2) is 0 Å². The molecule has 0 radical (unpaired) electrons. The van der Waals surface area contributed by atoms with Crippen LogP contribution in [0.4, 0.5) is 11.5 Å². The molecule has 0 saturated heterocycles. The normalized spacial score (nSPS) is 10.2. The highest BCUT2D eigenvalue weighted by Gasteiger charge is 2.09. The molecular weight excluding hydrogens is 300 g/mol. The molecule has 1 aromatic heterocycles. The summed E-state index contributed by atoms with van der Waals surface area (Å²) in [7, 11) is 0. The van der Waals surface area contributed by atoms with Crippen molar-refractivity contribution in [1.29, 1.82) is 0 Å². The van der Waals surface area contributed by atoms with E-state index in [4.69, 9.17) is 0 Å². The second-order valence-electron chi connectivity index (χ2n) is 5.40. The van der Waals surface area contributed by atoms with E-state index in [0.29, 0.717) is 18.1 Å². The van der Waals surface area contributed by atoms with Crippen LogP contribution in [0.15, 0.2) is 67.0 Å². The first-order valence-corrected chi connectivity index (χ1v) is 7.69. The number of para-hydroxylation sites is 1. The molecule has 1 amide bonds. The summed E-state index contributed by atoms with van der Waals surface area (Å²) in [5, 5.41) is 6.07. The summed E-state index contributed by atoms with van der Waals surface area (Å²) in [5.41, 5.74) is 3.42. The third kappa shape index (κ3) is 3.95. The number of carbonyl (C=O) groups is 1. The fraction of sp³-hybridized carbons (Fsp3) is 0.105. The van der Waals surface area contributed by atoms with Gasteiger partial charge in [0, 0.05) is 18.3 Å². The van der Waals surface area contributed by atoms with Gasteiger partial charge in [0.2, 0.25) is 0 Å². The lowest BCUT2D eigenvalue weighted by Gasteiger charge is -2.09. The van der Waals surface area contributed by atoms with Crippen molar-refractivity contribution in [3.63, 3.8) is 0 Å². The van der Waals surface area contributed by atoms with E-state index in [9.17, 15) is 4.79 Å². The van der Waals surface area contributed by atoms with Crippen LogP contribution in [0.3, 0.4) is 0 Å². The molecule has 0 bridgehead atoms. The maximum absolute atomic E-state index is 12.3. The molecule has 0 atom stereocenters. The monoisotopic (exact) mass is 318 g/mol. The summed E-state index contributed by atoms with van der Waals surface area (Å²) in [6.45, 7) is 2.47. The molecule has 0 saturated carbocycles. The molecule has 0 fully saturated rings. The van der Waals surface area contributed by atoms with Crippen molar-refractivity contribution in [1.82, 2.24) is 15.3 Å². The van der Waals surface area contributed by atoms with Crippen LogP contribution >= 0.6 is 0 Å². The Morgan fingerprint density at radius 1 is 1.00 bits per heavy atom. The number of hydrogen-bond acceptors (Lipinski definition) is 4. The molecule has 3 rings (SSSR count). The van der Waals surface area contributed by atoms with Crippen molar-refractivity contribution in [2.24, 2.45) is 0 Å². The average molecular weight is 318 g/mol. The minimum Gasteiger partial charge on any atom is -0.347 e. The molecule has 2 aromatic carbocycles. The molecule has 1 heterocycles. The number of anilines is 2. The number of hydrogen-bond donors (Lipinski definition) is 2. The SMILES string of the molecule is Cc1ccccc1Nc1cc(C(=O)NCc2ccccc2)ncn1. The number of carbonyl (C=O) groups excluding carboxylic acids is 1. The molecule has 0 spiro atoms. The number of aromatic nitrogens is 2. The van der Waals surface area contributed by atoms with E-state index in [1.54, 1.807) is 6.07 Å². The van der Waals surface area contributed by atoms with Crippen LogP contribution in [0.5, 0.6) is 0 Å². The minimum atomic E-state index is -0.228. The van der Waals surface area contributed by atoms with Gasteiger partial charge in [-0.1, -0.05) is 48.5 Å². The van der Waals surface area contributed by atoms with Crippen molar-refractivity contribution in [2.45, 2.75) is 13.5 Å². The highest BCUT2D eigenvalue weighted by Crippen LogP contribution is 2.18. The first kappa shape index (κ1) is 15.7. The van der Waals surface area contributed by atoms with Crippen molar-refractivity contribution in [3.8, 4) is 0 Å². The Hall–Kier alpha value is -3.21. The number of benzene rings is 2. The van der Waals surface area contributed by atoms with Gasteiger partial charge in [0.05, 0.1) is 0 Å². The zero-order chi connectivity index (χ0) is 16.8. The zero-order valence-electron chi connectivity index (χ0n) is 13.4. The van der Waals surface area contributed by atoms with E-state index in [1.165, 1.54) is 6.33 Å². The predicted molar refractivity (Wildman–Crippen MR) is 94.1 cm³/mol. The van der Waals surface area contributed by atoms with Crippen LogP contribution < -0.4 is 10.6 Å². The highest BCUT2D eigenvalue weighted by atomic mass is 16.1. The average Bonchev–Trinajstić information content (AvgIpc) is 2.63.